The van der Waals surface area contributed by atoms with E-state index < -0.39 is 21.7 Å². The number of ketones is 2. The number of benzene rings is 2. The predicted octanol–water partition coefficient (Wildman–Crippen LogP) is 15.1. The molecule has 0 amide bonds. The molecule has 1 aromatic heterocycles. The van der Waals surface area contributed by atoms with E-state index in [4.69, 9.17) is 24.9 Å². The summed E-state index contributed by atoms with van der Waals surface area (Å²) in [6, 6.07) is 16.4. The van der Waals surface area contributed by atoms with Gasteiger partial charge in [-0.3, -0.25) is 9.59 Å². The number of azo groups is 2. The number of carbonyl (C=O) groups is 2. The molecule has 7 rings (SSSR count). The maximum Gasteiger partial charge on any atom is 0.186 e. The van der Waals surface area contributed by atoms with Crippen molar-refractivity contribution in [3.8, 4) is 0 Å². The summed E-state index contributed by atoms with van der Waals surface area (Å²) in [5.74, 6) is 1.06. The fourth-order valence-electron chi connectivity index (χ4n) is 8.77. The summed E-state index contributed by atoms with van der Waals surface area (Å²) in [4.78, 5) is 28.3. The molecule has 0 bridgehead atoms. The van der Waals surface area contributed by atoms with Crippen LogP contribution in [0.5, 0.6) is 0 Å². The number of aryl methyl sites for hydroxylation is 2. The van der Waals surface area contributed by atoms with Gasteiger partial charge in [-0.2, -0.15) is 10.2 Å². The van der Waals surface area contributed by atoms with Crippen LogP contribution in [0.3, 0.4) is 0 Å². The van der Waals surface area contributed by atoms with E-state index in [1.54, 1.807) is 0 Å². The third kappa shape index (κ3) is 9.32. The van der Waals surface area contributed by atoms with Gasteiger partial charge in [-0.1, -0.05) is 107 Å². The number of fused-ring (bicyclic) bond motifs is 2. The van der Waals surface area contributed by atoms with E-state index in [1.807, 2.05) is 48.6 Å². The highest BCUT2D eigenvalue weighted by Gasteiger charge is 2.37. The second-order valence-electron chi connectivity index (χ2n) is 21.3. The minimum atomic E-state index is -0.427. The molecule has 0 atom stereocenters. The summed E-state index contributed by atoms with van der Waals surface area (Å²) in [5, 5.41) is 20.0. The lowest BCUT2D eigenvalue weighted by molar-refractivity contribution is -0.114. The number of hydrogen-bond acceptors (Lipinski definition) is 7. The molecule has 318 valence electrons. The van der Waals surface area contributed by atoms with Gasteiger partial charge in [0.15, 0.2) is 23.1 Å². The van der Waals surface area contributed by atoms with E-state index in [0.717, 1.165) is 61.0 Å². The molecular formula is C54H64N4O3. The van der Waals surface area contributed by atoms with Crippen LogP contribution in [0.1, 0.15) is 143 Å². The number of hydrogen-bond donors (Lipinski definition) is 0. The van der Waals surface area contributed by atoms with Crippen molar-refractivity contribution in [3.05, 3.63) is 140 Å². The summed E-state index contributed by atoms with van der Waals surface area (Å²) in [6.07, 6.45) is 16.4. The van der Waals surface area contributed by atoms with Crippen molar-refractivity contribution < 1.29 is 14.0 Å². The Kier molecular flexibility index (Phi) is 11.9. The molecule has 0 saturated carbocycles. The van der Waals surface area contributed by atoms with Gasteiger partial charge in [-0.05, 0) is 144 Å². The molecular weight excluding hydrogens is 753 g/mol. The lowest BCUT2D eigenvalue weighted by Gasteiger charge is -2.31. The monoisotopic (exact) mass is 816 g/mol. The number of carbonyl (C=O) groups excluding carboxylic acids is 2. The maximum absolute atomic E-state index is 14.1. The van der Waals surface area contributed by atoms with Gasteiger partial charge in [-0.15, -0.1) is 10.2 Å². The predicted molar refractivity (Wildman–Crippen MR) is 248 cm³/mol. The van der Waals surface area contributed by atoms with E-state index in [9.17, 15) is 9.59 Å². The largest absolute Gasteiger partial charge is 0.453 e. The molecule has 0 spiro atoms. The van der Waals surface area contributed by atoms with Gasteiger partial charge in [0.05, 0.1) is 11.4 Å². The Hall–Kier alpha value is -5.30. The van der Waals surface area contributed by atoms with Crippen molar-refractivity contribution >= 4 is 34.3 Å². The fraction of sp³-hybridized carbons (Fsp3) is 0.444. The van der Waals surface area contributed by atoms with E-state index in [-0.39, 0.29) is 11.6 Å². The van der Waals surface area contributed by atoms with Crippen LogP contribution in [0.4, 0.5) is 11.4 Å². The first-order valence-electron chi connectivity index (χ1n) is 22.2. The molecule has 2 aromatic carbocycles. The number of rotatable bonds is 6. The van der Waals surface area contributed by atoms with Gasteiger partial charge in [0, 0.05) is 33.4 Å². The van der Waals surface area contributed by atoms with Crippen LogP contribution in [-0.4, -0.2) is 11.6 Å². The number of allylic oxidation sites excluding steroid dienone is 10. The first kappa shape index (κ1) is 43.8. The minimum Gasteiger partial charge on any atom is -0.453 e. The van der Waals surface area contributed by atoms with Crippen LogP contribution in [0.15, 0.2) is 131 Å². The number of furan rings is 1. The second-order valence-corrected chi connectivity index (χ2v) is 21.3. The molecule has 0 fully saturated rings. The quantitative estimate of drug-likeness (QED) is 0.232. The smallest absolute Gasteiger partial charge is 0.186 e. The Labute approximate surface area is 363 Å². The number of Topliss-reactive ketones (excluding diaryl/α,β-unsaturated/α-hetero) is 2. The third-order valence-corrected chi connectivity index (χ3v) is 12.3. The molecule has 7 heteroatoms. The molecule has 4 aliphatic rings. The lowest BCUT2D eigenvalue weighted by atomic mass is 9.71. The Morgan fingerprint density at radius 1 is 0.459 bits per heavy atom. The lowest BCUT2D eigenvalue weighted by Crippen LogP contribution is -2.28. The molecule has 0 aliphatic heterocycles. The summed E-state index contributed by atoms with van der Waals surface area (Å²) in [6.45, 7) is 24.9. The van der Waals surface area contributed by atoms with E-state index >= 15 is 0 Å². The zero-order chi connectivity index (χ0) is 44.1. The number of nitrogens with zero attached hydrogens (tertiary/aromatic N) is 4. The van der Waals surface area contributed by atoms with Crippen LogP contribution in [-0.2, 0) is 35.3 Å². The maximum atomic E-state index is 14.1. The van der Waals surface area contributed by atoms with Crippen LogP contribution in [0.2, 0.25) is 0 Å². The van der Waals surface area contributed by atoms with Crippen molar-refractivity contribution in [3.63, 3.8) is 0 Å². The molecule has 61 heavy (non-hydrogen) atoms. The zero-order valence-electron chi connectivity index (χ0n) is 38.6. The normalized spacial score (nSPS) is 17.9. The zero-order valence-corrected chi connectivity index (χ0v) is 38.6. The Bertz CT molecular complexity index is 2290. The van der Waals surface area contributed by atoms with Crippen LogP contribution in [0.25, 0.3) is 11.4 Å². The molecule has 1 heterocycles. The molecule has 4 aliphatic carbocycles. The second kappa shape index (κ2) is 16.5. The van der Waals surface area contributed by atoms with Crippen LogP contribution in [0, 0.1) is 21.7 Å². The van der Waals surface area contributed by atoms with Gasteiger partial charge in [-0.25, -0.2) is 0 Å². The SMILES string of the molecule is CC(C)(C)C1=CC(=C(N=Nc2cccc3c2CCCC3)c2ccc(C(N=Nc3cccc4c3CCCC4)=C3C=C(C(C)(C)C)C(=O)C(C(C)(C)C)=C3)o2)C=C(C(C)(C)C)C1=O. The summed E-state index contributed by atoms with van der Waals surface area (Å²) in [7, 11) is 0. The molecule has 7 nitrogen and oxygen atoms in total. The molecule has 3 aromatic rings. The highest BCUT2D eigenvalue weighted by molar-refractivity contribution is 6.13. The first-order chi connectivity index (χ1) is 28.6. The van der Waals surface area contributed by atoms with Crippen LogP contribution >= 0.6 is 0 Å². The van der Waals surface area contributed by atoms with Crippen molar-refractivity contribution in [2.24, 2.45) is 42.1 Å². The average molecular weight is 817 g/mol. The van der Waals surface area contributed by atoms with Gasteiger partial charge in [0.2, 0.25) is 0 Å². The van der Waals surface area contributed by atoms with E-state index in [0.29, 0.717) is 45.2 Å². The molecule has 0 unspecified atom stereocenters. The van der Waals surface area contributed by atoms with Gasteiger partial charge < -0.3 is 4.42 Å². The summed E-state index contributed by atoms with van der Waals surface area (Å²) >= 11 is 0. The first-order valence-corrected chi connectivity index (χ1v) is 22.2. The average Bonchev–Trinajstić information content (AvgIpc) is 3.66. The van der Waals surface area contributed by atoms with E-state index in [1.165, 1.54) is 35.1 Å². The van der Waals surface area contributed by atoms with Gasteiger partial charge >= 0.3 is 0 Å². The Balaban J connectivity index is 1.48. The van der Waals surface area contributed by atoms with E-state index in [2.05, 4.69) is 107 Å². The Morgan fingerprint density at radius 2 is 0.787 bits per heavy atom. The van der Waals surface area contributed by atoms with Crippen molar-refractivity contribution in [1.82, 2.24) is 0 Å². The van der Waals surface area contributed by atoms with Crippen molar-refractivity contribution in [2.75, 3.05) is 0 Å². The van der Waals surface area contributed by atoms with Crippen molar-refractivity contribution in [1.29, 1.82) is 0 Å². The molecule has 0 N–H and O–H groups in total. The fourth-order valence-corrected chi connectivity index (χ4v) is 8.77. The third-order valence-electron chi connectivity index (χ3n) is 12.3. The van der Waals surface area contributed by atoms with Crippen molar-refractivity contribution in [2.45, 2.75) is 134 Å². The minimum absolute atomic E-state index is 0.0440. The highest BCUT2D eigenvalue weighted by Crippen LogP contribution is 2.44. The molecule has 0 saturated heterocycles. The Morgan fingerprint density at radius 3 is 1.11 bits per heavy atom. The molecule has 0 radical (unpaired) electrons. The topological polar surface area (TPSA) is 96.7 Å². The highest BCUT2D eigenvalue weighted by atomic mass is 16.3. The van der Waals surface area contributed by atoms with Gasteiger partial charge in [0.1, 0.15) is 11.4 Å². The summed E-state index contributed by atoms with van der Waals surface area (Å²) < 4.78 is 6.94. The standard InChI is InChI=1S/C54H64N4O3/c1-51(2,3)39-29-35(30-40(49(39)59)52(4,5)6)47(57-55-43-25-17-21-33-19-13-15-23-37(33)43)45-27-28-46(61-45)48(58-56-44-26-18-22-34-20-14-16-24-38(34)44)36-31-41(53(7,8)9)50(60)42(32-36)54(10,11)12/h17-18,21-22,25-32H,13-16,19-20,23-24H2,1-12H3. The van der Waals surface area contributed by atoms with Crippen LogP contribution < -0.4 is 0 Å². The summed E-state index contributed by atoms with van der Waals surface area (Å²) in [5.41, 5.74) is 10.5. The van der Waals surface area contributed by atoms with Gasteiger partial charge in [0.25, 0.3) is 0 Å².